The second kappa shape index (κ2) is 5.82. The molecule has 0 saturated carbocycles. The van der Waals surface area contributed by atoms with Crippen molar-refractivity contribution >= 4 is 5.97 Å². The number of carbonyl (C=O) groups excluding carboxylic acids is 1. The Hall–Kier alpha value is -1.62. The molecular formula is C13H16FNO3. The number of hydrogen-bond donors (Lipinski definition) is 1. The van der Waals surface area contributed by atoms with Crippen LogP contribution in [0.1, 0.15) is 23.2 Å². The van der Waals surface area contributed by atoms with E-state index in [4.69, 9.17) is 4.74 Å². The molecule has 1 fully saturated rings. The fourth-order valence-corrected chi connectivity index (χ4v) is 1.97. The lowest BCUT2D eigenvalue weighted by atomic mass is 10.1. The Kier molecular flexibility index (Phi) is 4.15. The van der Waals surface area contributed by atoms with Crippen LogP contribution < -0.4 is 10.1 Å². The van der Waals surface area contributed by atoms with E-state index in [1.807, 2.05) is 0 Å². The van der Waals surface area contributed by atoms with Gasteiger partial charge in [0, 0.05) is 0 Å². The van der Waals surface area contributed by atoms with E-state index in [9.17, 15) is 9.18 Å². The Morgan fingerprint density at radius 3 is 2.78 bits per heavy atom. The maximum absolute atomic E-state index is 13.1. The molecule has 4 nitrogen and oxygen atoms in total. The number of carbonyl (C=O) groups is 1. The van der Waals surface area contributed by atoms with Crippen LogP contribution in [-0.2, 0) is 4.74 Å². The zero-order chi connectivity index (χ0) is 13.0. The van der Waals surface area contributed by atoms with Gasteiger partial charge in [0.05, 0.1) is 7.11 Å². The summed E-state index contributed by atoms with van der Waals surface area (Å²) in [7, 11) is 1.27. The maximum Gasteiger partial charge on any atom is 0.341 e. The van der Waals surface area contributed by atoms with E-state index < -0.39 is 11.8 Å². The standard InChI is InChI=1S/C13H16FNO3/c1-17-13(16)11-8-9(14)2-3-12(11)18-10-4-6-15-7-5-10/h2-3,8,10,15H,4-7H2,1H3. The number of rotatable bonds is 3. The van der Waals surface area contributed by atoms with Gasteiger partial charge < -0.3 is 14.8 Å². The number of ether oxygens (including phenoxy) is 2. The predicted molar refractivity (Wildman–Crippen MR) is 64.3 cm³/mol. The quantitative estimate of drug-likeness (QED) is 0.834. The number of nitrogens with one attached hydrogen (secondary N) is 1. The fraction of sp³-hybridized carbons (Fsp3) is 0.462. The highest BCUT2D eigenvalue weighted by atomic mass is 19.1. The summed E-state index contributed by atoms with van der Waals surface area (Å²) < 4.78 is 23.5. The van der Waals surface area contributed by atoms with Gasteiger partial charge in [-0.25, -0.2) is 9.18 Å². The molecule has 0 aliphatic carbocycles. The van der Waals surface area contributed by atoms with E-state index in [1.54, 1.807) is 0 Å². The molecule has 98 valence electrons. The number of esters is 1. The molecule has 0 unspecified atom stereocenters. The first-order valence-electron chi connectivity index (χ1n) is 5.96. The minimum atomic E-state index is -0.585. The molecule has 18 heavy (non-hydrogen) atoms. The highest BCUT2D eigenvalue weighted by Gasteiger charge is 2.19. The molecule has 1 N–H and O–H groups in total. The van der Waals surface area contributed by atoms with Crippen molar-refractivity contribution in [3.8, 4) is 5.75 Å². The molecule has 0 atom stereocenters. The molecule has 1 heterocycles. The van der Waals surface area contributed by atoms with Crippen molar-refractivity contribution in [2.24, 2.45) is 0 Å². The van der Waals surface area contributed by atoms with Crippen molar-refractivity contribution < 1.29 is 18.7 Å². The molecule has 0 spiro atoms. The van der Waals surface area contributed by atoms with Crippen LogP contribution in [0.15, 0.2) is 18.2 Å². The molecule has 1 aliphatic rings. The molecule has 0 aromatic heterocycles. The topological polar surface area (TPSA) is 47.6 Å². The third-order valence-electron chi connectivity index (χ3n) is 2.93. The van der Waals surface area contributed by atoms with Gasteiger partial charge >= 0.3 is 5.97 Å². The van der Waals surface area contributed by atoms with E-state index in [0.29, 0.717) is 5.75 Å². The van der Waals surface area contributed by atoms with E-state index in [0.717, 1.165) is 32.0 Å². The lowest BCUT2D eigenvalue weighted by Gasteiger charge is -2.24. The van der Waals surface area contributed by atoms with E-state index in [2.05, 4.69) is 10.1 Å². The highest BCUT2D eigenvalue weighted by Crippen LogP contribution is 2.23. The van der Waals surface area contributed by atoms with E-state index in [-0.39, 0.29) is 11.7 Å². The van der Waals surface area contributed by atoms with Crippen LogP contribution in [-0.4, -0.2) is 32.3 Å². The monoisotopic (exact) mass is 253 g/mol. The minimum Gasteiger partial charge on any atom is -0.489 e. The summed E-state index contributed by atoms with van der Waals surface area (Å²) in [5.41, 5.74) is 0.135. The van der Waals surface area contributed by atoms with E-state index >= 15 is 0 Å². The molecule has 5 heteroatoms. The first kappa shape index (κ1) is 12.8. The van der Waals surface area contributed by atoms with Crippen molar-refractivity contribution in [3.05, 3.63) is 29.6 Å². The summed E-state index contributed by atoms with van der Waals surface area (Å²) in [6.07, 6.45) is 1.80. The van der Waals surface area contributed by atoms with Gasteiger partial charge in [-0.05, 0) is 44.1 Å². The van der Waals surface area contributed by atoms with Crippen molar-refractivity contribution in [3.63, 3.8) is 0 Å². The maximum atomic E-state index is 13.1. The normalized spacial score (nSPS) is 16.3. The van der Waals surface area contributed by atoms with Crippen LogP contribution in [0.3, 0.4) is 0 Å². The number of benzene rings is 1. The summed E-state index contributed by atoms with van der Waals surface area (Å²) in [6.45, 7) is 1.78. The summed E-state index contributed by atoms with van der Waals surface area (Å²) >= 11 is 0. The molecule has 1 aromatic rings. The second-order valence-corrected chi connectivity index (χ2v) is 4.20. The number of methoxy groups -OCH3 is 1. The molecule has 0 bridgehead atoms. The molecule has 1 aliphatic heterocycles. The Morgan fingerprint density at radius 2 is 2.11 bits per heavy atom. The third kappa shape index (κ3) is 2.98. The fourth-order valence-electron chi connectivity index (χ4n) is 1.97. The van der Waals surface area contributed by atoms with Gasteiger partial charge in [0.15, 0.2) is 0 Å². The summed E-state index contributed by atoms with van der Waals surface area (Å²) in [4.78, 5) is 11.5. The summed E-state index contributed by atoms with van der Waals surface area (Å²) in [5, 5.41) is 3.23. The smallest absolute Gasteiger partial charge is 0.341 e. The van der Waals surface area contributed by atoms with Crippen LogP contribution >= 0.6 is 0 Å². The lowest BCUT2D eigenvalue weighted by molar-refractivity contribution is 0.0590. The van der Waals surface area contributed by atoms with Crippen molar-refractivity contribution in [1.29, 1.82) is 0 Å². The average molecular weight is 253 g/mol. The Morgan fingerprint density at radius 1 is 1.39 bits per heavy atom. The molecule has 0 amide bonds. The van der Waals surface area contributed by atoms with Gasteiger partial charge in [0.2, 0.25) is 0 Å². The Labute approximate surface area is 105 Å². The van der Waals surface area contributed by atoms with Gasteiger partial charge in [0.25, 0.3) is 0 Å². The molecule has 2 rings (SSSR count). The van der Waals surface area contributed by atoms with Gasteiger partial charge in [-0.2, -0.15) is 0 Å². The van der Waals surface area contributed by atoms with Crippen LogP contribution in [0, 0.1) is 5.82 Å². The molecular weight excluding hydrogens is 237 g/mol. The first-order valence-corrected chi connectivity index (χ1v) is 5.96. The van der Waals surface area contributed by atoms with Gasteiger partial charge in [0.1, 0.15) is 23.2 Å². The number of piperidine rings is 1. The molecule has 1 aromatic carbocycles. The number of halogens is 1. The van der Waals surface area contributed by atoms with Gasteiger partial charge in [-0.15, -0.1) is 0 Å². The van der Waals surface area contributed by atoms with E-state index in [1.165, 1.54) is 19.2 Å². The first-order chi connectivity index (χ1) is 8.70. The zero-order valence-corrected chi connectivity index (χ0v) is 10.2. The largest absolute Gasteiger partial charge is 0.489 e. The average Bonchev–Trinajstić information content (AvgIpc) is 2.41. The summed E-state index contributed by atoms with van der Waals surface area (Å²) in [6, 6.07) is 3.90. The van der Waals surface area contributed by atoms with Crippen LogP contribution in [0.25, 0.3) is 0 Å². The van der Waals surface area contributed by atoms with Gasteiger partial charge in [-0.3, -0.25) is 0 Å². The van der Waals surface area contributed by atoms with Crippen LogP contribution in [0.2, 0.25) is 0 Å². The third-order valence-corrected chi connectivity index (χ3v) is 2.93. The van der Waals surface area contributed by atoms with Crippen molar-refractivity contribution in [2.45, 2.75) is 18.9 Å². The Balaban J connectivity index is 2.17. The Bertz CT molecular complexity index is 430. The van der Waals surface area contributed by atoms with Crippen molar-refractivity contribution in [2.75, 3.05) is 20.2 Å². The second-order valence-electron chi connectivity index (χ2n) is 4.20. The molecule has 0 radical (unpaired) electrons. The SMILES string of the molecule is COC(=O)c1cc(F)ccc1OC1CCNCC1. The highest BCUT2D eigenvalue weighted by molar-refractivity contribution is 5.92. The minimum absolute atomic E-state index is 0.0557. The van der Waals surface area contributed by atoms with Gasteiger partial charge in [-0.1, -0.05) is 0 Å². The zero-order valence-electron chi connectivity index (χ0n) is 10.2. The molecule has 1 saturated heterocycles. The number of hydrogen-bond acceptors (Lipinski definition) is 4. The van der Waals surface area contributed by atoms with Crippen molar-refractivity contribution in [1.82, 2.24) is 5.32 Å². The van der Waals surface area contributed by atoms with Crippen LogP contribution in [0.5, 0.6) is 5.75 Å². The van der Waals surface area contributed by atoms with Crippen LogP contribution in [0.4, 0.5) is 4.39 Å². The predicted octanol–water partition coefficient (Wildman–Crippen LogP) is 1.74. The summed E-state index contributed by atoms with van der Waals surface area (Å²) in [5.74, 6) is -0.679. The lowest BCUT2D eigenvalue weighted by Crippen LogP contribution is -2.34.